The number of amides is 1. The van der Waals surface area contributed by atoms with Crippen molar-refractivity contribution in [2.45, 2.75) is 12.3 Å². The quantitative estimate of drug-likeness (QED) is 0.613. The standard InChI is InChI=1S/C15H14N2O3S2/c1-20-15(19)12-11(10-4-2-6-21-10)9(8-16)14-17(13(12)18)5-3-7-22-14/h2,4,6,11-12H,3,5,7H2,1H3/t11-,12-/m0/s1. The molecule has 0 saturated carbocycles. The van der Waals surface area contributed by atoms with Gasteiger partial charge in [-0.15, -0.1) is 23.1 Å². The highest BCUT2D eigenvalue weighted by molar-refractivity contribution is 8.03. The van der Waals surface area contributed by atoms with Gasteiger partial charge in [0.05, 0.1) is 29.7 Å². The molecule has 0 radical (unpaired) electrons. The van der Waals surface area contributed by atoms with Crippen molar-refractivity contribution in [2.75, 3.05) is 19.4 Å². The number of nitrogens with zero attached hydrogens (tertiary/aromatic N) is 2. The van der Waals surface area contributed by atoms with Crippen LogP contribution in [0.1, 0.15) is 17.2 Å². The SMILES string of the molecule is COC(=O)[C@@H]1C(=O)N2CCCSC2=C(C#N)[C@H]1c1cccs1. The molecule has 0 bridgehead atoms. The molecule has 3 heterocycles. The van der Waals surface area contributed by atoms with Gasteiger partial charge in [0, 0.05) is 17.2 Å². The maximum atomic E-state index is 12.8. The van der Waals surface area contributed by atoms with Crippen LogP contribution in [0.4, 0.5) is 0 Å². The smallest absolute Gasteiger partial charge is 0.319 e. The summed E-state index contributed by atoms with van der Waals surface area (Å²) in [5.41, 5.74) is 0.502. The molecule has 22 heavy (non-hydrogen) atoms. The van der Waals surface area contributed by atoms with Gasteiger partial charge in [0.25, 0.3) is 0 Å². The Morgan fingerprint density at radius 1 is 1.55 bits per heavy atom. The van der Waals surface area contributed by atoms with Crippen LogP contribution in [0.5, 0.6) is 0 Å². The second kappa shape index (κ2) is 6.15. The highest BCUT2D eigenvalue weighted by atomic mass is 32.2. The number of carbonyl (C=O) groups is 2. The molecule has 2 aliphatic rings. The summed E-state index contributed by atoms with van der Waals surface area (Å²) in [4.78, 5) is 27.4. The maximum absolute atomic E-state index is 12.8. The molecular weight excluding hydrogens is 320 g/mol. The fourth-order valence-corrected chi connectivity index (χ4v) is 4.87. The largest absolute Gasteiger partial charge is 0.468 e. The van der Waals surface area contributed by atoms with E-state index in [2.05, 4.69) is 6.07 Å². The van der Waals surface area contributed by atoms with Gasteiger partial charge in [-0.1, -0.05) is 6.07 Å². The number of carbonyl (C=O) groups excluding carboxylic acids is 2. The van der Waals surface area contributed by atoms with E-state index < -0.39 is 17.8 Å². The third-order valence-corrected chi connectivity index (χ3v) is 6.00. The maximum Gasteiger partial charge on any atom is 0.319 e. The van der Waals surface area contributed by atoms with Crippen LogP contribution in [-0.4, -0.2) is 36.2 Å². The number of nitriles is 1. The fourth-order valence-electron chi connectivity index (χ4n) is 2.87. The van der Waals surface area contributed by atoms with Crippen molar-refractivity contribution >= 4 is 35.0 Å². The minimum Gasteiger partial charge on any atom is -0.468 e. The zero-order valence-corrected chi connectivity index (χ0v) is 13.6. The highest BCUT2D eigenvalue weighted by Crippen LogP contribution is 2.46. The normalized spacial score (nSPS) is 24.7. The summed E-state index contributed by atoms with van der Waals surface area (Å²) in [5.74, 6) is -1.47. The molecule has 0 unspecified atom stereocenters. The fraction of sp³-hybridized carbons (Fsp3) is 0.400. The molecule has 0 spiro atoms. The summed E-state index contributed by atoms with van der Waals surface area (Å²) in [6.07, 6.45) is 0.857. The number of rotatable bonds is 2. The monoisotopic (exact) mass is 334 g/mol. The summed E-state index contributed by atoms with van der Waals surface area (Å²) < 4.78 is 4.84. The Hall–Kier alpha value is -1.78. The number of esters is 1. The van der Waals surface area contributed by atoms with Gasteiger partial charge in [-0.2, -0.15) is 5.26 Å². The second-order valence-electron chi connectivity index (χ2n) is 5.02. The molecule has 1 aromatic rings. The molecule has 7 heteroatoms. The van der Waals surface area contributed by atoms with Crippen molar-refractivity contribution in [3.05, 3.63) is 33.0 Å². The lowest BCUT2D eigenvalue weighted by Crippen LogP contribution is -2.48. The zero-order valence-electron chi connectivity index (χ0n) is 11.9. The molecule has 0 aromatic carbocycles. The van der Waals surface area contributed by atoms with Crippen LogP contribution in [0.25, 0.3) is 0 Å². The molecule has 1 amide bonds. The number of fused-ring (bicyclic) bond motifs is 1. The van der Waals surface area contributed by atoms with E-state index in [1.54, 1.807) is 4.90 Å². The summed E-state index contributed by atoms with van der Waals surface area (Å²) in [6, 6.07) is 5.96. The van der Waals surface area contributed by atoms with Crippen LogP contribution in [0.15, 0.2) is 28.1 Å². The third kappa shape index (κ3) is 2.32. The van der Waals surface area contributed by atoms with Gasteiger partial charge >= 0.3 is 5.97 Å². The molecule has 1 fully saturated rings. The summed E-state index contributed by atoms with van der Waals surface area (Å²) in [6.45, 7) is 0.553. The van der Waals surface area contributed by atoms with E-state index in [9.17, 15) is 14.9 Å². The lowest BCUT2D eigenvalue weighted by molar-refractivity contribution is -0.154. The van der Waals surface area contributed by atoms with Gasteiger partial charge in [-0.05, 0) is 17.9 Å². The summed E-state index contributed by atoms with van der Waals surface area (Å²) in [5, 5.41) is 12.2. The zero-order chi connectivity index (χ0) is 15.7. The Bertz CT molecular complexity index is 675. The molecule has 2 aliphatic heterocycles. The molecule has 5 nitrogen and oxygen atoms in total. The lowest BCUT2D eigenvalue weighted by atomic mass is 9.81. The number of methoxy groups -OCH3 is 1. The Morgan fingerprint density at radius 2 is 2.36 bits per heavy atom. The Kier molecular flexibility index (Phi) is 4.23. The van der Waals surface area contributed by atoms with Crippen LogP contribution in [0.2, 0.25) is 0 Å². The molecule has 2 atom stereocenters. The van der Waals surface area contributed by atoms with Gasteiger partial charge in [-0.3, -0.25) is 9.59 Å². The van der Waals surface area contributed by atoms with E-state index in [4.69, 9.17) is 4.74 Å². The van der Waals surface area contributed by atoms with Crippen LogP contribution in [0.3, 0.4) is 0 Å². The van der Waals surface area contributed by atoms with Crippen molar-refractivity contribution in [3.8, 4) is 6.07 Å². The second-order valence-corrected chi connectivity index (χ2v) is 7.08. The van der Waals surface area contributed by atoms with Gasteiger partial charge in [0.2, 0.25) is 5.91 Å². The van der Waals surface area contributed by atoms with E-state index in [-0.39, 0.29) is 5.91 Å². The number of ether oxygens (including phenoxy) is 1. The van der Waals surface area contributed by atoms with E-state index in [1.807, 2.05) is 17.5 Å². The van der Waals surface area contributed by atoms with E-state index in [0.29, 0.717) is 17.1 Å². The lowest BCUT2D eigenvalue weighted by Gasteiger charge is -2.39. The number of thioether (sulfide) groups is 1. The first kappa shape index (κ1) is 15.1. The first-order chi connectivity index (χ1) is 10.7. The van der Waals surface area contributed by atoms with Crippen molar-refractivity contribution in [1.82, 2.24) is 4.90 Å². The molecule has 0 N–H and O–H groups in total. The number of allylic oxidation sites excluding steroid dienone is 1. The van der Waals surface area contributed by atoms with Crippen molar-refractivity contribution in [3.63, 3.8) is 0 Å². The van der Waals surface area contributed by atoms with Crippen LogP contribution < -0.4 is 0 Å². The van der Waals surface area contributed by atoms with E-state index >= 15 is 0 Å². The first-order valence-electron chi connectivity index (χ1n) is 6.88. The molecule has 1 aromatic heterocycles. The predicted molar refractivity (Wildman–Crippen MR) is 84.0 cm³/mol. The molecule has 114 valence electrons. The number of hydrogen-bond acceptors (Lipinski definition) is 6. The summed E-state index contributed by atoms with van der Waals surface area (Å²) >= 11 is 2.97. The third-order valence-electron chi connectivity index (χ3n) is 3.84. The molecular formula is C15H14N2O3S2. The molecule has 3 rings (SSSR count). The Balaban J connectivity index is 2.18. The van der Waals surface area contributed by atoms with Gasteiger partial charge in [0.15, 0.2) is 0 Å². The van der Waals surface area contributed by atoms with Crippen molar-refractivity contribution in [2.24, 2.45) is 5.92 Å². The Labute approximate surface area is 136 Å². The van der Waals surface area contributed by atoms with Crippen LogP contribution in [-0.2, 0) is 14.3 Å². The first-order valence-corrected chi connectivity index (χ1v) is 8.75. The average molecular weight is 334 g/mol. The number of thiophene rings is 1. The van der Waals surface area contributed by atoms with Gasteiger partial charge in [-0.25, -0.2) is 0 Å². The molecule has 0 aliphatic carbocycles. The molecule has 1 saturated heterocycles. The van der Waals surface area contributed by atoms with E-state index in [0.717, 1.165) is 17.1 Å². The Morgan fingerprint density at radius 3 is 3.00 bits per heavy atom. The predicted octanol–water partition coefficient (Wildman–Crippen LogP) is 2.34. The highest BCUT2D eigenvalue weighted by Gasteiger charge is 2.48. The minimum absolute atomic E-state index is 0.258. The van der Waals surface area contributed by atoms with Crippen molar-refractivity contribution < 1.29 is 14.3 Å². The van der Waals surface area contributed by atoms with E-state index in [1.165, 1.54) is 30.2 Å². The van der Waals surface area contributed by atoms with Crippen LogP contribution >= 0.6 is 23.1 Å². The topological polar surface area (TPSA) is 70.4 Å². The van der Waals surface area contributed by atoms with Gasteiger partial charge in [0.1, 0.15) is 5.92 Å². The van der Waals surface area contributed by atoms with Crippen LogP contribution in [0, 0.1) is 17.2 Å². The minimum atomic E-state index is -0.972. The van der Waals surface area contributed by atoms with Gasteiger partial charge < -0.3 is 9.64 Å². The summed E-state index contributed by atoms with van der Waals surface area (Å²) in [7, 11) is 1.28. The number of hydrogen-bond donors (Lipinski definition) is 0. The van der Waals surface area contributed by atoms with Crippen molar-refractivity contribution in [1.29, 1.82) is 5.26 Å². The average Bonchev–Trinajstić information content (AvgIpc) is 3.08.